The molecule has 0 aromatic rings. The Hall–Kier alpha value is 0. The summed E-state index contributed by atoms with van der Waals surface area (Å²) in [6, 6.07) is 0. The van der Waals surface area contributed by atoms with Gasteiger partial charge < -0.3 is 0 Å². The predicted molar refractivity (Wildman–Crippen MR) is 159 cm³/mol. The van der Waals surface area contributed by atoms with Crippen molar-refractivity contribution in [2.75, 3.05) is 0 Å². The molecule has 206 valence electrons. The summed E-state index contributed by atoms with van der Waals surface area (Å²) < 4.78 is 0. The Morgan fingerprint density at radius 2 is 0.471 bits per heavy atom. The van der Waals surface area contributed by atoms with E-state index in [2.05, 4.69) is 20.8 Å². The maximum absolute atomic E-state index is 2.42. The summed E-state index contributed by atoms with van der Waals surface area (Å²) >= 11 is 0. The molecular formula is C34H70. The normalized spacial score (nSPS) is 12.4. The van der Waals surface area contributed by atoms with E-state index in [9.17, 15) is 0 Å². The van der Waals surface area contributed by atoms with Crippen molar-refractivity contribution in [2.24, 2.45) is 5.92 Å². The summed E-state index contributed by atoms with van der Waals surface area (Å²) in [5.74, 6) is 1.02. The van der Waals surface area contributed by atoms with Crippen LogP contribution in [0, 0.1) is 5.92 Å². The third-order valence-electron chi connectivity index (χ3n) is 8.26. The molecule has 0 rings (SSSR count). The lowest BCUT2D eigenvalue weighted by molar-refractivity contribution is 0.392. The standard InChI is InChI=1S/C34H70/c1-4-7-9-11-13-15-16-17-18-19-20-21-22-23-24-25-27-29-31-33-34(6-3)32-30-28-26-14-12-10-8-5-2/h34H,4-33H2,1-3H3. The Bertz CT molecular complexity index is 333. The van der Waals surface area contributed by atoms with Crippen LogP contribution in [0.5, 0.6) is 0 Å². The first-order chi connectivity index (χ1) is 16.8. The molecule has 0 saturated carbocycles. The van der Waals surface area contributed by atoms with Crippen LogP contribution in [-0.2, 0) is 0 Å². The highest BCUT2D eigenvalue weighted by Gasteiger charge is 2.06. The monoisotopic (exact) mass is 479 g/mol. The van der Waals surface area contributed by atoms with E-state index in [4.69, 9.17) is 0 Å². The molecule has 0 bridgehead atoms. The van der Waals surface area contributed by atoms with Gasteiger partial charge in [0.15, 0.2) is 0 Å². The molecule has 1 atom stereocenters. The molecular weight excluding hydrogens is 408 g/mol. The Kier molecular flexibility index (Phi) is 31.0. The lowest BCUT2D eigenvalue weighted by atomic mass is 9.92. The van der Waals surface area contributed by atoms with E-state index >= 15 is 0 Å². The summed E-state index contributed by atoms with van der Waals surface area (Å²) in [4.78, 5) is 0. The number of hydrogen-bond donors (Lipinski definition) is 0. The Balaban J connectivity index is 3.21. The van der Waals surface area contributed by atoms with Crippen molar-refractivity contribution < 1.29 is 0 Å². The van der Waals surface area contributed by atoms with Gasteiger partial charge in [-0.15, -0.1) is 0 Å². The summed E-state index contributed by atoms with van der Waals surface area (Å²) in [6.07, 6.45) is 44.3. The number of rotatable bonds is 30. The van der Waals surface area contributed by atoms with Crippen LogP contribution < -0.4 is 0 Å². The van der Waals surface area contributed by atoms with Gasteiger partial charge in [-0.3, -0.25) is 0 Å². The van der Waals surface area contributed by atoms with Gasteiger partial charge in [-0.25, -0.2) is 0 Å². The number of hydrogen-bond acceptors (Lipinski definition) is 0. The van der Waals surface area contributed by atoms with E-state index in [-0.39, 0.29) is 0 Å². The van der Waals surface area contributed by atoms with E-state index in [0.29, 0.717) is 0 Å². The van der Waals surface area contributed by atoms with Crippen molar-refractivity contribution in [2.45, 2.75) is 213 Å². The van der Waals surface area contributed by atoms with Crippen LogP contribution in [0.4, 0.5) is 0 Å². The SMILES string of the molecule is CCCCCCCCCCCCCCCCCCCCCC(CC)CCCCCCCCCC. The predicted octanol–water partition coefficient (Wildman–Crippen LogP) is 13.4. The molecule has 0 aliphatic rings. The lowest BCUT2D eigenvalue weighted by Gasteiger charge is -2.14. The van der Waals surface area contributed by atoms with Crippen molar-refractivity contribution in [1.29, 1.82) is 0 Å². The van der Waals surface area contributed by atoms with E-state index < -0.39 is 0 Å². The molecule has 0 N–H and O–H groups in total. The third-order valence-corrected chi connectivity index (χ3v) is 8.26. The molecule has 0 spiro atoms. The average molecular weight is 479 g/mol. The molecule has 0 nitrogen and oxygen atoms in total. The van der Waals surface area contributed by atoms with Crippen LogP contribution in [-0.4, -0.2) is 0 Å². The van der Waals surface area contributed by atoms with E-state index in [1.807, 2.05) is 0 Å². The van der Waals surface area contributed by atoms with Gasteiger partial charge in [0, 0.05) is 0 Å². The first-order valence-corrected chi connectivity index (χ1v) is 16.8. The van der Waals surface area contributed by atoms with E-state index in [1.165, 1.54) is 193 Å². The second-order valence-corrected chi connectivity index (χ2v) is 11.7. The zero-order valence-corrected chi connectivity index (χ0v) is 24.8. The quantitative estimate of drug-likeness (QED) is 0.0900. The highest BCUT2D eigenvalue weighted by molar-refractivity contribution is 4.59. The third kappa shape index (κ3) is 28.2. The van der Waals surface area contributed by atoms with Gasteiger partial charge >= 0.3 is 0 Å². The zero-order valence-electron chi connectivity index (χ0n) is 24.8. The average Bonchev–Trinajstić information content (AvgIpc) is 2.85. The van der Waals surface area contributed by atoms with Gasteiger partial charge in [0.25, 0.3) is 0 Å². The summed E-state index contributed by atoms with van der Waals surface area (Å²) in [7, 11) is 0. The molecule has 1 unspecified atom stereocenters. The van der Waals surface area contributed by atoms with Crippen molar-refractivity contribution in [3.05, 3.63) is 0 Å². The van der Waals surface area contributed by atoms with Gasteiger partial charge in [0.05, 0.1) is 0 Å². The minimum Gasteiger partial charge on any atom is -0.0654 e. The maximum atomic E-state index is 2.42. The molecule has 0 heterocycles. The molecule has 0 fully saturated rings. The van der Waals surface area contributed by atoms with Crippen molar-refractivity contribution >= 4 is 0 Å². The maximum Gasteiger partial charge on any atom is -0.0417 e. The largest absolute Gasteiger partial charge is 0.0654 e. The van der Waals surface area contributed by atoms with Crippen LogP contribution in [0.25, 0.3) is 0 Å². The summed E-state index contributed by atoms with van der Waals surface area (Å²) in [5, 5.41) is 0. The molecule has 0 aliphatic heterocycles. The molecule has 0 aromatic heterocycles. The number of unbranched alkanes of at least 4 members (excludes halogenated alkanes) is 25. The van der Waals surface area contributed by atoms with Crippen molar-refractivity contribution in [3.63, 3.8) is 0 Å². The van der Waals surface area contributed by atoms with Gasteiger partial charge in [0.1, 0.15) is 0 Å². The highest BCUT2D eigenvalue weighted by atomic mass is 14.1. The minimum atomic E-state index is 1.02. The lowest BCUT2D eigenvalue weighted by Crippen LogP contribution is -1.99. The van der Waals surface area contributed by atoms with Gasteiger partial charge in [-0.05, 0) is 5.92 Å². The van der Waals surface area contributed by atoms with Crippen LogP contribution >= 0.6 is 0 Å². The first kappa shape index (κ1) is 34.0. The van der Waals surface area contributed by atoms with Gasteiger partial charge in [-0.2, -0.15) is 0 Å². The van der Waals surface area contributed by atoms with Crippen LogP contribution in [0.1, 0.15) is 213 Å². The highest BCUT2D eigenvalue weighted by Crippen LogP contribution is 2.22. The molecule has 0 aromatic carbocycles. The van der Waals surface area contributed by atoms with Crippen LogP contribution in [0.2, 0.25) is 0 Å². The van der Waals surface area contributed by atoms with Crippen molar-refractivity contribution in [3.8, 4) is 0 Å². The molecule has 0 saturated heterocycles. The second kappa shape index (κ2) is 31.0. The Morgan fingerprint density at radius 3 is 0.676 bits per heavy atom. The summed E-state index contributed by atoms with van der Waals surface area (Å²) in [6.45, 7) is 7.04. The molecule has 0 radical (unpaired) electrons. The van der Waals surface area contributed by atoms with Crippen LogP contribution in [0.15, 0.2) is 0 Å². The fourth-order valence-corrected chi connectivity index (χ4v) is 5.63. The summed E-state index contributed by atoms with van der Waals surface area (Å²) in [5.41, 5.74) is 0. The minimum absolute atomic E-state index is 1.02. The van der Waals surface area contributed by atoms with Gasteiger partial charge in [-0.1, -0.05) is 213 Å². The Labute approximate surface area is 219 Å². The van der Waals surface area contributed by atoms with Crippen molar-refractivity contribution in [1.82, 2.24) is 0 Å². The molecule has 0 amide bonds. The van der Waals surface area contributed by atoms with Gasteiger partial charge in [0.2, 0.25) is 0 Å². The molecule has 0 heteroatoms. The fraction of sp³-hybridized carbons (Fsp3) is 1.00. The topological polar surface area (TPSA) is 0 Å². The fourth-order valence-electron chi connectivity index (χ4n) is 5.63. The second-order valence-electron chi connectivity index (χ2n) is 11.7. The molecule has 34 heavy (non-hydrogen) atoms. The smallest absolute Gasteiger partial charge is 0.0417 e. The Morgan fingerprint density at radius 1 is 0.265 bits per heavy atom. The van der Waals surface area contributed by atoms with E-state index in [0.717, 1.165) is 5.92 Å². The zero-order chi connectivity index (χ0) is 24.8. The first-order valence-electron chi connectivity index (χ1n) is 16.8. The van der Waals surface area contributed by atoms with E-state index in [1.54, 1.807) is 0 Å². The molecule has 0 aliphatic carbocycles. The van der Waals surface area contributed by atoms with Crippen LogP contribution in [0.3, 0.4) is 0 Å².